The van der Waals surface area contributed by atoms with Gasteiger partial charge in [0.05, 0.1) is 37.2 Å². The molecule has 174 valence electrons. The first-order chi connectivity index (χ1) is 16.1. The van der Waals surface area contributed by atoms with Gasteiger partial charge in [0, 0.05) is 31.7 Å². The molecule has 0 spiro atoms. The second kappa shape index (κ2) is 10.7. The number of methoxy groups -OCH3 is 1. The highest BCUT2D eigenvalue weighted by Gasteiger charge is 2.24. The van der Waals surface area contributed by atoms with E-state index in [0.29, 0.717) is 54.9 Å². The standard InChI is InChI=1S/C24H27N3O5S/c1-3-32-19-5-4-6-20-21(19)25-24(33-20)27(12-11-26-13-15-31-16-14-26)22(28)17-7-9-18(10-8-17)23(29)30-2/h4-10H,3,11-16H2,1-2H3. The van der Waals surface area contributed by atoms with Gasteiger partial charge in [0.25, 0.3) is 5.91 Å². The number of benzene rings is 2. The molecule has 0 aliphatic carbocycles. The maximum atomic E-state index is 13.6. The fraction of sp³-hybridized carbons (Fsp3) is 0.375. The predicted octanol–water partition coefficient (Wildman–Crippen LogP) is 3.46. The maximum absolute atomic E-state index is 13.6. The lowest BCUT2D eigenvalue weighted by Crippen LogP contribution is -2.43. The van der Waals surface area contributed by atoms with Crippen molar-refractivity contribution in [3.63, 3.8) is 0 Å². The topological polar surface area (TPSA) is 81.2 Å². The molecular formula is C24H27N3O5S. The Hall–Kier alpha value is -3.01. The number of fused-ring (bicyclic) bond motifs is 1. The zero-order valence-electron chi connectivity index (χ0n) is 18.8. The monoisotopic (exact) mass is 469 g/mol. The number of carbonyl (C=O) groups excluding carboxylic acids is 2. The zero-order chi connectivity index (χ0) is 23.2. The van der Waals surface area contributed by atoms with Crippen molar-refractivity contribution in [2.75, 3.05) is 58.0 Å². The lowest BCUT2D eigenvalue weighted by Gasteiger charge is -2.29. The molecule has 1 aliphatic rings. The number of ether oxygens (including phenoxy) is 3. The van der Waals surface area contributed by atoms with Crippen molar-refractivity contribution >= 4 is 38.6 Å². The molecule has 0 radical (unpaired) electrons. The summed E-state index contributed by atoms with van der Waals surface area (Å²) in [5.74, 6) is 0.102. The molecule has 0 atom stereocenters. The van der Waals surface area contributed by atoms with Crippen LogP contribution in [0.5, 0.6) is 5.75 Å². The van der Waals surface area contributed by atoms with Crippen LogP contribution in [0.4, 0.5) is 5.13 Å². The summed E-state index contributed by atoms with van der Waals surface area (Å²) >= 11 is 1.46. The van der Waals surface area contributed by atoms with Gasteiger partial charge in [-0.2, -0.15) is 0 Å². The third-order valence-electron chi connectivity index (χ3n) is 5.44. The van der Waals surface area contributed by atoms with Crippen LogP contribution in [-0.2, 0) is 9.47 Å². The molecule has 33 heavy (non-hydrogen) atoms. The van der Waals surface area contributed by atoms with Crippen molar-refractivity contribution in [2.24, 2.45) is 0 Å². The Kier molecular flexibility index (Phi) is 7.54. The molecule has 0 N–H and O–H groups in total. The summed E-state index contributed by atoms with van der Waals surface area (Å²) < 4.78 is 16.9. The summed E-state index contributed by atoms with van der Waals surface area (Å²) in [4.78, 5) is 34.1. The van der Waals surface area contributed by atoms with E-state index in [-0.39, 0.29) is 5.91 Å². The van der Waals surface area contributed by atoms with Crippen molar-refractivity contribution in [1.29, 1.82) is 0 Å². The van der Waals surface area contributed by atoms with E-state index >= 15 is 0 Å². The quantitative estimate of drug-likeness (QED) is 0.467. The second-order valence-electron chi connectivity index (χ2n) is 7.51. The van der Waals surface area contributed by atoms with Gasteiger partial charge in [0.15, 0.2) is 5.13 Å². The van der Waals surface area contributed by atoms with Crippen LogP contribution >= 0.6 is 11.3 Å². The summed E-state index contributed by atoms with van der Waals surface area (Å²) in [6.45, 7) is 6.74. The smallest absolute Gasteiger partial charge is 0.337 e. The summed E-state index contributed by atoms with van der Waals surface area (Å²) in [6, 6.07) is 12.3. The maximum Gasteiger partial charge on any atom is 0.337 e. The van der Waals surface area contributed by atoms with Crippen LogP contribution in [0.2, 0.25) is 0 Å². The van der Waals surface area contributed by atoms with Crippen molar-refractivity contribution in [3.8, 4) is 5.75 Å². The number of morpholine rings is 1. The number of rotatable bonds is 8. The highest BCUT2D eigenvalue weighted by molar-refractivity contribution is 7.22. The molecule has 1 amide bonds. The van der Waals surface area contributed by atoms with Gasteiger partial charge >= 0.3 is 5.97 Å². The van der Waals surface area contributed by atoms with Crippen molar-refractivity contribution < 1.29 is 23.8 Å². The van der Waals surface area contributed by atoms with E-state index in [0.717, 1.165) is 23.3 Å². The Morgan fingerprint density at radius 1 is 1.12 bits per heavy atom. The van der Waals surface area contributed by atoms with E-state index in [1.807, 2.05) is 25.1 Å². The van der Waals surface area contributed by atoms with E-state index in [1.54, 1.807) is 29.2 Å². The van der Waals surface area contributed by atoms with E-state index in [1.165, 1.54) is 18.4 Å². The Morgan fingerprint density at radius 2 is 1.85 bits per heavy atom. The number of carbonyl (C=O) groups is 2. The van der Waals surface area contributed by atoms with E-state index in [4.69, 9.17) is 19.2 Å². The third-order valence-corrected chi connectivity index (χ3v) is 6.49. The zero-order valence-corrected chi connectivity index (χ0v) is 19.6. The number of nitrogens with zero attached hydrogens (tertiary/aromatic N) is 3. The Morgan fingerprint density at radius 3 is 2.55 bits per heavy atom. The largest absolute Gasteiger partial charge is 0.492 e. The molecule has 1 aromatic heterocycles. The lowest BCUT2D eigenvalue weighted by atomic mass is 10.1. The Bertz CT molecular complexity index is 1110. The molecule has 2 heterocycles. The lowest BCUT2D eigenvalue weighted by molar-refractivity contribution is 0.0391. The highest BCUT2D eigenvalue weighted by Crippen LogP contribution is 2.34. The molecule has 9 heteroatoms. The van der Waals surface area contributed by atoms with Crippen LogP contribution in [0, 0.1) is 0 Å². The molecule has 0 saturated carbocycles. The van der Waals surface area contributed by atoms with E-state index in [9.17, 15) is 9.59 Å². The molecule has 0 unspecified atom stereocenters. The fourth-order valence-corrected chi connectivity index (χ4v) is 4.68. The molecule has 1 aliphatic heterocycles. The fourth-order valence-electron chi connectivity index (χ4n) is 3.67. The first-order valence-corrected chi connectivity index (χ1v) is 11.7. The van der Waals surface area contributed by atoms with Gasteiger partial charge in [-0.05, 0) is 43.3 Å². The van der Waals surface area contributed by atoms with Gasteiger partial charge in [-0.1, -0.05) is 17.4 Å². The van der Waals surface area contributed by atoms with Crippen molar-refractivity contribution in [2.45, 2.75) is 6.92 Å². The number of hydrogen-bond acceptors (Lipinski definition) is 8. The van der Waals surface area contributed by atoms with Crippen LogP contribution in [0.1, 0.15) is 27.6 Å². The SMILES string of the molecule is CCOc1cccc2sc(N(CCN3CCOCC3)C(=O)c3ccc(C(=O)OC)cc3)nc12. The molecule has 4 rings (SSSR count). The molecule has 3 aromatic rings. The van der Waals surface area contributed by atoms with Crippen LogP contribution in [0.15, 0.2) is 42.5 Å². The van der Waals surface area contributed by atoms with Gasteiger partial charge in [0.1, 0.15) is 11.3 Å². The van der Waals surface area contributed by atoms with Crippen LogP contribution in [0.25, 0.3) is 10.2 Å². The number of para-hydroxylation sites is 1. The molecule has 8 nitrogen and oxygen atoms in total. The van der Waals surface area contributed by atoms with Crippen molar-refractivity contribution in [3.05, 3.63) is 53.6 Å². The number of aromatic nitrogens is 1. The number of thiazole rings is 1. The van der Waals surface area contributed by atoms with Crippen LogP contribution < -0.4 is 9.64 Å². The molecular weight excluding hydrogens is 442 g/mol. The first-order valence-electron chi connectivity index (χ1n) is 10.9. The normalized spacial score (nSPS) is 14.2. The minimum atomic E-state index is -0.437. The van der Waals surface area contributed by atoms with Gasteiger partial charge < -0.3 is 14.2 Å². The summed E-state index contributed by atoms with van der Waals surface area (Å²) in [7, 11) is 1.33. The third kappa shape index (κ3) is 5.32. The molecule has 2 aromatic carbocycles. The number of esters is 1. The molecule has 1 fully saturated rings. The Labute approximate surface area is 196 Å². The number of anilines is 1. The predicted molar refractivity (Wildman–Crippen MR) is 128 cm³/mol. The highest BCUT2D eigenvalue weighted by atomic mass is 32.1. The van der Waals surface area contributed by atoms with Gasteiger partial charge in [-0.3, -0.25) is 14.6 Å². The minimum absolute atomic E-state index is 0.170. The average Bonchev–Trinajstić information content (AvgIpc) is 3.29. The first kappa shape index (κ1) is 23.2. The van der Waals surface area contributed by atoms with E-state index < -0.39 is 5.97 Å². The molecule has 1 saturated heterocycles. The summed E-state index contributed by atoms with van der Waals surface area (Å²) in [5, 5.41) is 0.618. The summed E-state index contributed by atoms with van der Waals surface area (Å²) in [5.41, 5.74) is 1.63. The summed E-state index contributed by atoms with van der Waals surface area (Å²) in [6.07, 6.45) is 0. The number of hydrogen-bond donors (Lipinski definition) is 0. The Balaban J connectivity index is 1.64. The second-order valence-corrected chi connectivity index (χ2v) is 8.52. The van der Waals surface area contributed by atoms with Crippen LogP contribution in [0.3, 0.4) is 0 Å². The number of amides is 1. The van der Waals surface area contributed by atoms with Gasteiger partial charge in [-0.15, -0.1) is 0 Å². The molecule has 0 bridgehead atoms. The van der Waals surface area contributed by atoms with Crippen LogP contribution in [-0.4, -0.2) is 74.9 Å². The average molecular weight is 470 g/mol. The van der Waals surface area contributed by atoms with Gasteiger partial charge in [0.2, 0.25) is 0 Å². The van der Waals surface area contributed by atoms with Gasteiger partial charge in [-0.25, -0.2) is 9.78 Å². The minimum Gasteiger partial charge on any atom is -0.492 e. The van der Waals surface area contributed by atoms with Crippen molar-refractivity contribution in [1.82, 2.24) is 9.88 Å². The van der Waals surface area contributed by atoms with E-state index in [2.05, 4.69) is 4.90 Å².